The van der Waals surface area contributed by atoms with Gasteiger partial charge < -0.3 is 15.6 Å². The van der Waals surface area contributed by atoms with Gasteiger partial charge in [0.2, 0.25) is 0 Å². The Labute approximate surface area is 187 Å². The molecule has 1 saturated heterocycles. The van der Waals surface area contributed by atoms with Crippen LogP contribution in [-0.4, -0.2) is 35.5 Å². The summed E-state index contributed by atoms with van der Waals surface area (Å²) in [5, 5.41) is 7.33. The fourth-order valence-electron chi connectivity index (χ4n) is 3.46. The van der Waals surface area contributed by atoms with E-state index in [1.165, 1.54) is 6.42 Å². The molecule has 1 amide bonds. The highest BCUT2D eigenvalue weighted by atomic mass is 35.5. The Kier molecular flexibility index (Phi) is 9.30. The second kappa shape index (κ2) is 11.5. The number of benzene rings is 2. The summed E-state index contributed by atoms with van der Waals surface area (Å²) in [5.74, 6) is 1.40. The number of nitrogens with one attached hydrogen (secondary N) is 3. The van der Waals surface area contributed by atoms with E-state index in [0.29, 0.717) is 11.7 Å². The second-order valence-electron chi connectivity index (χ2n) is 6.91. The van der Waals surface area contributed by atoms with Crippen molar-refractivity contribution in [3.8, 4) is 0 Å². The van der Waals surface area contributed by atoms with Gasteiger partial charge in [-0.05, 0) is 55.6 Å². The van der Waals surface area contributed by atoms with Gasteiger partial charge in [0.25, 0.3) is 5.91 Å². The van der Waals surface area contributed by atoms with Gasteiger partial charge in [-0.2, -0.15) is 0 Å². The topological polar surface area (TPSA) is 69.8 Å². The highest BCUT2D eigenvalue weighted by Crippen LogP contribution is 2.24. The molecule has 3 aromatic rings. The number of carbonyl (C=O) groups is 1. The average molecular weight is 453 g/mol. The van der Waals surface area contributed by atoms with E-state index in [0.717, 1.165) is 53.4 Å². The fourth-order valence-corrected chi connectivity index (χ4v) is 4.35. The number of para-hydroxylation sites is 2. The minimum absolute atomic E-state index is 0. The molecule has 0 aliphatic carbocycles. The maximum Gasteiger partial charge on any atom is 0.251 e. The number of aromatic nitrogens is 2. The zero-order valence-corrected chi connectivity index (χ0v) is 18.5. The molecule has 2 aromatic carbocycles. The van der Waals surface area contributed by atoms with Gasteiger partial charge in [0.1, 0.15) is 0 Å². The molecule has 1 aliphatic heterocycles. The summed E-state index contributed by atoms with van der Waals surface area (Å²) in [5.41, 5.74) is 3.79. The maximum atomic E-state index is 12.6. The van der Waals surface area contributed by atoms with Gasteiger partial charge in [-0.25, -0.2) is 4.98 Å². The summed E-state index contributed by atoms with van der Waals surface area (Å²) in [6.07, 6.45) is 2.25. The summed E-state index contributed by atoms with van der Waals surface area (Å²) in [7, 11) is 0. The van der Waals surface area contributed by atoms with Gasteiger partial charge in [-0.3, -0.25) is 4.79 Å². The first-order chi connectivity index (χ1) is 13.3. The summed E-state index contributed by atoms with van der Waals surface area (Å²) in [6, 6.07) is 15.8. The van der Waals surface area contributed by atoms with Gasteiger partial charge >= 0.3 is 0 Å². The zero-order chi connectivity index (χ0) is 18.5. The number of fused-ring (bicyclic) bond motifs is 1. The monoisotopic (exact) mass is 452 g/mol. The van der Waals surface area contributed by atoms with Crippen molar-refractivity contribution in [1.82, 2.24) is 20.6 Å². The Morgan fingerprint density at radius 2 is 1.93 bits per heavy atom. The van der Waals surface area contributed by atoms with Crippen LogP contribution >= 0.6 is 36.6 Å². The number of imidazole rings is 1. The number of carbonyl (C=O) groups excluding carboxylic acids is 1. The molecule has 5 nitrogen and oxygen atoms in total. The molecule has 1 aliphatic rings. The number of halogens is 2. The van der Waals surface area contributed by atoms with Crippen LogP contribution in [0.15, 0.2) is 53.7 Å². The van der Waals surface area contributed by atoms with Crippen molar-refractivity contribution >= 4 is 53.5 Å². The first kappa shape index (κ1) is 23.5. The molecule has 29 heavy (non-hydrogen) atoms. The molecule has 156 valence electrons. The van der Waals surface area contributed by atoms with Crippen molar-refractivity contribution in [1.29, 1.82) is 0 Å². The third-order valence-electron chi connectivity index (χ3n) is 4.99. The maximum absolute atomic E-state index is 12.6. The first-order valence-corrected chi connectivity index (χ1v) is 10.4. The Balaban J connectivity index is 0.00000150. The number of amides is 1. The van der Waals surface area contributed by atoms with E-state index < -0.39 is 0 Å². The summed E-state index contributed by atoms with van der Waals surface area (Å²) < 4.78 is 0. The fraction of sp³-hybridized carbons (Fsp3) is 0.333. The highest BCUT2D eigenvalue weighted by Gasteiger charge is 2.16. The quantitative estimate of drug-likeness (QED) is 0.463. The Morgan fingerprint density at radius 3 is 2.72 bits per heavy atom. The van der Waals surface area contributed by atoms with Crippen molar-refractivity contribution in [3.05, 3.63) is 59.7 Å². The molecule has 8 heteroatoms. The smallest absolute Gasteiger partial charge is 0.251 e. The van der Waals surface area contributed by atoms with Crippen LogP contribution in [0.25, 0.3) is 11.0 Å². The number of thioether (sulfide) groups is 1. The Bertz CT molecular complexity index is 895. The zero-order valence-electron chi connectivity index (χ0n) is 16.0. The minimum atomic E-state index is 0. The lowest BCUT2D eigenvalue weighted by molar-refractivity contribution is 0.0951. The second-order valence-corrected chi connectivity index (χ2v) is 7.87. The standard InChI is InChI=1S/C21H24N4OS.2ClH/c26-20(23-12-10-15-9-11-22-13-15)17-6-2-1-5-16(17)14-27-21-24-18-7-3-4-8-19(18)25-21;;/h1-8,15,22H,9-14H2,(H,23,26)(H,24,25);2*1H. The normalized spacial score (nSPS) is 15.5. The predicted octanol–water partition coefficient (Wildman–Crippen LogP) is 4.43. The van der Waals surface area contributed by atoms with Crippen molar-refractivity contribution in [2.24, 2.45) is 5.92 Å². The molecule has 0 bridgehead atoms. The molecular formula is C21H26Cl2N4OS. The number of hydrogen-bond acceptors (Lipinski definition) is 4. The molecular weight excluding hydrogens is 427 g/mol. The highest BCUT2D eigenvalue weighted by molar-refractivity contribution is 7.98. The molecule has 4 rings (SSSR count). The van der Waals surface area contributed by atoms with Crippen LogP contribution in [-0.2, 0) is 5.75 Å². The average Bonchev–Trinajstić information content (AvgIpc) is 3.35. The molecule has 3 N–H and O–H groups in total. The Morgan fingerprint density at radius 1 is 1.14 bits per heavy atom. The summed E-state index contributed by atoms with van der Waals surface area (Å²) >= 11 is 1.62. The lowest BCUT2D eigenvalue weighted by atomic mass is 10.0. The van der Waals surface area contributed by atoms with E-state index in [4.69, 9.17) is 0 Å². The number of nitrogens with zero attached hydrogens (tertiary/aromatic N) is 1. The van der Waals surface area contributed by atoms with Crippen molar-refractivity contribution in [2.45, 2.75) is 23.8 Å². The lowest BCUT2D eigenvalue weighted by Gasteiger charge is -2.11. The van der Waals surface area contributed by atoms with Crippen LogP contribution in [0.4, 0.5) is 0 Å². The molecule has 1 unspecified atom stereocenters. The van der Waals surface area contributed by atoms with Gasteiger partial charge in [-0.1, -0.05) is 42.1 Å². The largest absolute Gasteiger partial charge is 0.352 e. The molecule has 2 heterocycles. The van der Waals surface area contributed by atoms with Crippen molar-refractivity contribution in [2.75, 3.05) is 19.6 Å². The SMILES string of the molecule is Cl.Cl.O=C(NCCC1CCNC1)c1ccccc1CSc1nc2ccccc2[nH]1. The van der Waals surface area contributed by atoms with E-state index in [-0.39, 0.29) is 30.7 Å². The molecule has 0 saturated carbocycles. The van der Waals surface area contributed by atoms with E-state index >= 15 is 0 Å². The van der Waals surface area contributed by atoms with Crippen LogP contribution in [0, 0.1) is 5.92 Å². The predicted molar refractivity (Wildman–Crippen MR) is 125 cm³/mol. The van der Waals surface area contributed by atoms with Crippen LogP contribution in [0.2, 0.25) is 0 Å². The van der Waals surface area contributed by atoms with Gasteiger partial charge in [0, 0.05) is 17.9 Å². The molecule has 1 fully saturated rings. The molecule has 0 radical (unpaired) electrons. The van der Waals surface area contributed by atoms with Gasteiger partial charge in [0.15, 0.2) is 5.16 Å². The third kappa shape index (κ3) is 6.12. The molecule has 1 atom stereocenters. The van der Waals surface area contributed by atoms with E-state index in [1.807, 2.05) is 48.5 Å². The van der Waals surface area contributed by atoms with Crippen LogP contribution < -0.4 is 10.6 Å². The molecule has 1 aromatic heterocycles. The summed E-state index contributed by atoms with van der Waals surface area (Å²) in [4.78, 5) is 20.6. The third-order valence-corrected chi connectivity index (χ3v) is 5.92. The van der Waals surface area contributed by atoms with Crippen LogP contribution in [0.1, 0.15) is 28.8 Å². The van der Waals surface area contributed by atoms with Crippen LogP contribution in [0.3, 0.4) is 0 Å². The van der Waals surface area contributed by atoms with E-state index in [1.54, 1.807) is 11.8 Å². The number of aromatic amines is 1. The van der Waals surface area contributed by atoms with Crippen molar-refractivity contribution in [3.63, 3.8) is 0 Å². The van der Waals surface area contributed by atoms with Crippen LogP contribution in [0.5, 0.6) is 0 Å². The lowest BCUT2D eigenvalue weighted by Crippen LogP contribution is -2.27. The molecule has 0 spiro atoms. The van der Waals surface area contributed by atoms with Crippen molar-refractivity contribution < 1.29 is 4.79 Å². The first-order valence-electron chi connectivity index (χ1n) is 9.44. The summed E-state index contributed by atoms with van der Waals surface area (Å²) in [6.45, 7) is 2.90. The van der Waals surface area contributed by atoms with E-state index in [2.05, 4.69) is 20.6 Å². The number of H-pyrrole nitrogens is 1. The van der Waals surface area contributed by atoms with E-state index in [9.17, 15) is 4.79 Å². The van der Waals surface area contributed by atoms with Gasteiger partial charge in [-0.15, -0.1) is 24.8 Å². The Hall–Kier alpha value is -1.73. The number of hydrogen-bond donors (Lipinski definition) is 3. The minimum Gasteiger partial charge on any atom is -0.352 e. The number of rotatable bonds is 7. The van der Waals surface area contributed by atoms with Gasteiger partial charge in [0.05, 0.1) is 11.0 Å².